The third-order valence-corrected chi connectivity index (χ3v) is 3.33. The average Bonchev–Trinajstić information content (AvgIpc) is 2.77. The summed E-state index contributed by atoms with van der Waals surface area (Å²) in [7, 11) is 6.60. The topological polar surface area (TPSA) is 82.6 Å². The predicted octanol–water partition coefficient (Wildman–Crippen LogP) is 1.11. The van der Waals surface area contributed by atoms with Crippen molar-refractivity contribution in [2.24, 2.45) is 0 Å². The summed E-state index contributed by atoms with van der Waals surface area (Å²) in [5.41, 5.74) is 7.47. The number of methoxy groups -OCH3 is 2. The molecule has 0 saturated carbocycles. The van der Waals surface area contributed by atoms with E-state index in [1.165, 1.54) is 0 Å². The average molecular weight is 292 g/mol. The summed E-state index contributed by atoms with van der Waals surface area (Å²) in [5, 5.41) is 0. The van der Waals surface area contributed by atoms with Crippen molar-refractivity contribution < 1.29 is 14.3 Å². The molecule has 1 aromatic carbocycles. The van der Waals surface area contributed by atoms with Crippen LogP contribution in [-0.2, 0) is 11.3 Å². The Bertz CT molecular complexity index is 664. The van der Waals surface area contributed by atoms with Crippen molar-refractivity contribution in [1.29, 1.82) is 0 Å². The van der Waals surface area contributed by atoms with Crippen LogP contribution in [0, 0.1) is 0 Å². The Morgan fingerprint density at radius 3 is 2.48 bits per heavy atom. The van der Waals surface area contributed by atoms with E-state index in [1.807, 2.05) is 6.07 Å². The predicted molar refractivity (Wildman–Crippen MR) is 80.6 cm³/mol. The van der Waals surface area contributed by atoms with Crippen LogP contribution < -0.4 is 15.2 Å². The maximum absolute atomic E-state index is 11.7. The maximum atomic E-state index is 11.7. The lowest BCUT2D eigenvalue weighted by Gasteiger charge is -2.12. The molecule has 1 amide bonds. The van der Waals surface area contributed by atoms with Crippen molar-refractivity contribution >= 4 is 22.9 Å². The highest BCUT2D eigenvalue weighted by molar-refractivity contribution is 5.83. The molecule has 0 aliphatic carbocycles. The Morgan fingerprint density at radius 1 is 1.29 bits per heavy atom. The van der Waals surface area contributed by atoms with Crippen molar-refractivity contribution in [3.63, 3.8) is 0 Å². The number of carbonyl (C=O) groups excluding carboxylic acids is 1. The molecule has 21 heavy (non-hydrogen) atoms. The number of amides is 1. The normalized spacial score (nSPS) is 10.7. The van der Waals surface area contributed by atoms with Gasteiger partial charge in [-0.1, -0.05) is 0 Å². The van der Waals surface area contributed by atoms with Gasteiger partial charge in [-0.15, -0.1) is 0 Å². The van der Waals surface area contributed by atoms with Crippen LogP contribution >= 0.6 is 0 Å². The molecule has 0 unspecified atom stereocenters. The van der Waals surface area contributed by atoms with E-state index >= 15 is 0 Å². The van der Waals surface area contributed by atoms with E-state index in [1.54, 1.807) is 43.8 Å². The SMILES string of the molecule is COc1cc2nc(N)n(CCC(=O)N(C)C)c2cc1OC. The van der Waals surface area contributed by atoms with E-state index in [-0.39, 0.29) is 5.91 Å². The highest BCUT2D eigenvalue weighted by atomic mass is 16.5. The van der Waals surface area contributed by atoms with Gasteiger partial charge in [0.1, 0.15) is 0 Å². The van der Waals surface area contributed by atoms with Crippen LogP contribution in [0.1, 0.15) is 6.42 Å². The largest absolute Gasteiger partial charge is 0.493 e. The van der Waals surface area contributed by atoms with E-state index in [0.717, 1.165) is 5.52 Å². The minimum atomic E-state index is 0.0386. The third-order valence-electron chi connectivity index (χ3n) is 3.33. The standard InChI is InChI=1S/C14H20N4O3/c1-17(2)13(19)5-6-18-10-8-12(21-4)11(20-3)7-9(10)16-14(18)15/h7-8H,5-6H2,1-4H3,(H2,15,16). The van der Waals surface area contributed by atoms with Crippen LogP contribution in [-0.4, -0.2) is 48.7 Å². The monoisotopic (exact) mass is 292 g/mol. The highest BCUT2D eigenvalue weighted by Gasteiger charge is 2.14. The summed E-state index contributed by atoms with van der Waals surface area (Å²) in [6, 6.07) is 3.59. The molecule has 0 fully saturated rings. The van der Waals surface area contributed by atoms with Gasteiger partial charge >= 0.3 is 0 Å². The van der Waals surface area contributed by atoms with Gasteiger partial charge in [0.25, 0.3) is 0 Å². The van der Waals surface area contributed by atoms with Crippen LogP contribution in [0.3, 0.4) is 0 Å². The summed E-state index contributed by atoms with van der Waals surface area (Å²) < 4.78 is 12.3. The Labute approximate surface area is 123 Å². The molecule has 114 valence electrons. The number of fused-ring (bicyclic) bond motifs is 1. The zero-order valence-electron chi connectivity index (χ0n) is 12.7. The number of carbonyl (C=O) groups is 1. The molecule has 2 N–H and O–H groups in total. The van der Waals surface area contributed by atoms with Crippen molar-refractivity contribution in [2.75, 3.05) is 34.0 Å². The Balaban J connectivity index is 2.39. The number of aryl methyl sites for hydroxylation is 1. The lowest BCUT2D eigenvalue weighted by atomic mass is 10.2. The van der Waals surface area contributed by atoms with Gasteiger partial charge in [0.2, 0.25) is 11.9 Å². The first kappa shape index (κ1) is 15.0. The first-order valence-electron chi connectivity index (χ1n) is 6.55. The number of hydrogen-bond donors (Lipinski definition) is 1. The minimum Gasteiger partial charge on any atom is -0.493 e. The molecule has 0 aliphatic heterocycles. The molecule has 2 aromatic rings. The molecule has 0 bridgehead atoms. The van der Waals surface area contributed by atoms with Crippen molar-refractivity contribution in [3.8, 4) is 11.5 Å². The molecule has 1 heterocycles. The zero-order chi connectivity index (χ0) is 15.6. The van der Waals surface area contributed by atoms with Gasteiger partial charge in [-0.05, 0) is 0 Å². The molecule has 0 spiro atoms. The molecular weight excluding hydrogens is 272 g/mol. The highest BCUT2D eigenvalue weighted by Crippen LogP contribution is 2.32. The Morgan fingerprint density at radius 2 is 1.90 bits per heavy atom. The summed E-state index contributed by atoms with van der Waals surface area (Å²) in [4.78, 5) is 17.6. The number of anilines is 1. The van der Waals surface area contributed by atoms with Crippen LogP contribution in [0.5, 0.6) is 11.5 Å². The lowest BCUT2D eigenvalue weighted by molar-refractivity contribution is -0.128. The summed E-state index contributed by atoms with van der Waals surface area (Å²) >= 11 is 0. The van der Waals surface area contributed by atoms with Crippen molar-refractivity contribution in [2.45, 2.75) is 13.0 Å². The zero-order valence-corrected chi connectivity index (χ0v) is 12.7. The number of benzene rings is 1. The summed E-state index contributed by atoms with van der Waals surface area (Å²) in [6.45, 7) is 0.467. The van der Waals surface area contributed by atoms with E-state index in [9.17, 15) is 4.79 Å². The first-order valence-corrected chi connectivity index (χ1v) is 6.55. The van der Waals surface area contributed by atoms with Gasteiger partial charge in [0.15, 0.2) is 11.5 Å². The van der Waals surface area contributed by atoms with Gasteiger partial charge in [-0.3, -0.25) is 4.79 Å². The van der Waals surface area contributed by atoms with E-state index < -0.39 is 0 Å². The van der Waals surface area contributed by atoms with Crippen LogP contribution in [0.15, 0.2) is 12.1 Å². The van der Waals surface area contributed by atoms with Gasteiger partial charge < -0.3 is 24.7 Å². The quantitative estimate of drug-likeness (QED) is 0.892. The van der Waals surface area contributed by atoms with E-state index in [0.29, 0.717) is 35.9 Å². The second kappa shape index (κ2) is 5.90. The third kappa shape index (κ3) is 2.86. The lowest BCUT2D eigenvalue weighted by Crippen LogP contribution is -2.23. The first-order chi connectivity index (χ1) is 9.97. The number of imidazole rings is 1. The molecule has 2 rings (SSSR count). The molecule has 7 heteroatoms. The van der Waals surface area contributed by atoms with Gasteiger partial charge in [-0.25, -0.2) is 4.98 Å². The summed E-state index contributed by atoms with van der Waals surface area (Å²) in [6.07, 6.45) is 0.358. The number of nitrogens with zero attached hydrogens (tertiary/aromatic N) is 3. The fourth-order valence-electron chi connectivity index (χ4n) is 2.14. The van der Waals surface area contributed by atoms with Gasteiger partial charge in [0.05, 0.1) is 25.3 Å². The van der Waals surface area contributed by atoms with Crippen LogP contribution in [0.2, 0.25) is 0 Å². The molecule has 0 atom stereocenters. The molecular formula is C14H20N4O3. The number of nitrogen functional groups attached to an aromatic ring is 1. The molecule has 1 aromatic heterocycles. The number of rotatable bonds is 5. The van der Waals surface area contributed by atoms with Gasteiger partial charge in [0, 0.05) is 39.2 Å². The Kier molecular flexibility index (Phi) is 4.21. The van der Waals surface area contributed by atoms with E-state index in [4.69, 9.17) is 15.2 Å². The molecule has 0 aliphatic rings. The fraction of sp³-hybridized carbons (Fsp3) is 0.429. The van der Waals surface area contributed by atoms with Crippen LogP contribution in [0.25, 0.3) is 11.0 Å². The number of ether oxygens (including phenoxy) is 2. The minimum absolute atomic E-state index is 0.0386. The maximum Gasteiger partial charge on any atom is 0.223 e. The second-order valence-electron chi connectivity index (χ2n) is 4.86. The summed E-state index contributed by atoms with van der Waals surface area (Å²) in [5.74, 6) is 1.60. The van der Waals surface area contributed by atoms with Crippen molar-refractivity contribution in [3.05, 3.63) is 12.1 Å². The molecule has 7 nitrogen and oxygen atoms in total. The number of nitrogens with two attached hydrogens (primary N) is 1. The fourth-order valence-corrected chi connectivity index (χ4v) is 2.14. The van der Waals surface area contributed by atoms with Crippen LogP contribution in [0.4, 0.5) is 5.95 Å². The molecule has 0 radical (unpaired) electrons. The Hall–Kier alpha value is -2.44. The number of hydrogen-bond acceptors (Lipinski definition) is 5. The van der Waals surface area contributed by atoms with Gasteiger partial charge in [-0.2, -0.15) is 0 Å². The molecule has 0 saturated heterocycles. The van der Waals surface area contributed by atoms with Crippen molar-refractivity contribution in [1.82, 2.24) is 14.5 Å². The smallest absolute Gasteiger partial charge is 0.223 e. The van der Waals surface area contributed by atoms with E-state index in [2.05, 4.69) is 4.98 Å². The number of aromatic nitrogens is 2. The second-order valence-corrected chi connectivity index (χ2v) is 4.86.